The maximum Gasteiger partial charge on any atom is 0.166 e. The predicted octanol–water partition coefficient (Wildman–Crippen LogP) is 3.43. The molecule has 2 aromatic rings. The average Bonchev–Trinajstić information content (AvgIpc) is 2.42. The van der Waals surface area contributed by atoms with Crippen LogP contribution < -0.4 is 4.74 Å². The van der Waals surface area contributed by atoms with Crippen LogP contribution in [-0.2, 0) is 0 Å². The van der Waals surface area contributed by atoms with Gasteiger partial charge in [-0.2, -0.15) is 0 Å². The summed E-state index contributed by atoms with van der Waals surface area (Å²) in [4.78, 5) is 10.5. The fourth-order valence-electron chi connectivity index (χ4n) is 1.43. The number of hydrogen-bond donors (Lipinski definition) is 1. The van der Waals surface area contributed by atoms with Crippen molar-refractivity contribution >= 4 is 12.5 Å². The molecule has 0 aliphatic carbocycles. The monoisotopic (exact) mass is 243 g/mol. The van der Waals surface area contributed by atoms with Crippen molar-refractivity contribution in [2.45, 2.75) is 0 Å². The molecular formula is C14H10FNO2. The van der Waals surface area contributed by atoms with Gasteiger partial charge in [-0.3, -0.25) is 4.79 Å². The first-order valence-electron chi connectivity index (χ1n) is 5.26. The van der Waals surface area contributed by atoms with Gasteiger partial charge in [-0.25, -0.2) is 4.39 Å². The van der Waals surface area contributed by atoms with E-state index in [2.05, 4.69) is 0 Å². The highest BCUT2D eigenvalue weighted by molar-refractivity contribution is 5.77. The number of ether oxygens (including phenoxy) is 1. The number of hydrogen-bond acceptors (Lipinski definition) is 3. The van der Waals surface area contributed by atoms with Gasteiger partial charge in [0.2, 0.25) is 0 Å². The van der Waals surface area contributed by atoms with Gasteiger partial charge < -0.3 is 10.1 Å². The predicted molar refractivity (Wildman–Crippen MR) is 66.2 cm³/mol. The van der Waals surface area contributed by atoms with E-state index in [0.717, 1.165) is 12.5 Å². The third kappa shape index (κ3) is 2.60. The first-order chi connectivity index (χ1) is 8.72. The van der Waals surface area contributed by atoms with E-state index in [0.29, 0.717) is 16.9 Å². The van der Waals surface area contributed by atoms with E-state index in [1.165, 1.54) is 12.1 Å². The summed E-state index contributed by atoms with van der Waals surface area (Å²) >= 11 is 0. The van der Waals surface area contributed by atoms with Gasteiger partial charge >= 0.3 is 0 Å². The first kappa shape index (κ1) is 12.0. The maximum atomic E-state index is 13.6. The van der Waals surface area contributed by atoms with E-state index in [1.807, 2.05) is 0 Å². The number of rotatable bonds is 4. The molecule has 1 N–H and O–H groups in total. The fourth-order valence-corrected chi connectivity index (χ4v) is 1.43. The molecule has 0 atom stereocenters. The molecule has 0 unspecified atom stereocenters. The lowest BCUT2D eigenvalue weighted by molar-refractivity contribution is 0.112. The van der Waals surface area contributed by atoms with Gasteiger partial charge in [-0.1, -0.05) is 0 Å². The molecule has 0 saturated heterocycles. The van der Waals surface area contributed by atoms with Crippen molar-refractivity contribution < 1.29 is 13.9 Å². The standard InChI is InChI=1S/C14H10FNO2/c15-13-7-11(8-16)3-6-14(13)18-12-4-1-10(9-17)2-5-12/h1-9,16H. The number of carbonyl (C=O) groups is 1. The number of halogens is 1. The Morgan fingerprint density at radius 3 is 2.28 bits per heavy atom. The molecule has 0 amide bonds. The van der Waals surface area contributed by atoms with Crippen LogP contribution in [0.4, 0.5) is 4.39 Å². The van der Waals surface area contributed by atoms with Crippen LogP contribution in [0.15, 0.2) is 42.5 Å². The van der Waals surface area contributed by atoms with Crippen LogP contribution in [0.3, 0.4) is 0 Å². The Labute approximate surface area is 103 Å². The van der Waals surface area contributed by atoms with Crippen molar-refractivity contribution in [3.05, 3.63) is 59.4 Å². The maximum absolute atomic E-state index is 13.6. The Morgan fingerprint density at radius 1 is 1.06 bits per heavy atom. The zero-order chi connectivity index (χ0) is 13.0. The van der Waals surface area contributed by atoms with Crippen molar-refractivity contribution in [2.75, 3.05) is 0 Å². The molecule has 0 saturated carbocycles. The summed E-state index contributed by atoms with van der Waals surface area (Å²) in [6.07, 6.45) is 1.79. The molecule has 4 heteroatoms. The summed E-state index contributed by atoms with van der Waals surface area (Å²) in [5.74, 6) is -0.00276. The van der Waals surface area contributed by atoms with Crippen molar-refractivity contribution in [2.24, 2.45) is 0 Å². The highest BCUT2D eigenvalue weighted by Crippen LogP contribution is 2.24. The zero-order valence-electron chi connectivity index (χ0n) is 9.39. The Balaban J connectivity index is 2.22. The van der Waals surface area contributed by atoms with Crippen LogP contribution >= 0.6 is 0 Å². The summed E-state index contributed by atoms with van der Waals surface area (Å²) in [5.41, 5.74) is 0.998. The minimum atomic E-state index is -0.532. The van der Waals surface area contributed by atoms with E-state index in [9.17, 15) is 9.18 Å². The minimum Gasteiger partial charge on any atom is -0.454 e. The van der Waals surface area contributed by atoms with Crippen molar-refractivity contribution in [1.82, 2.24) is 0 Å². The normalized spacial score (nSPS) is 9.83. The number of benzene rings is 2. The van der Waals surface area contributed by atoms with E-state index >= 15 is 0 Å². The summed E-state index contributed by atoms with van der Waals surface area (Å²) in [6.45, 7) is 0. The first-order valence-corrected chi connectivity index (χ1v) is 5.26. The molecule has 90 valence electrons. The Kier molecular flexibility index (Phi) is 3.48. The molecule has 3 nitrogen and oxygen atoms in total. The summed E-state index contributed by atoms with van der Waals surface area (Å²) in [7, 11) is 0. The third-order valence-electron chi connectivity index (χ3n) is 2.37. The molecule has 0 aliphatic rings. The lowest BCUT2D eigenvalue weighted by Gasteiger charge is -2.07. The van der Waals surface area contributed by atoms with Crippen molar-refractivity contribution in [3.63, 3.8) is 0 Å². The molecule has 0 spiro atoms. The molecule has 0 aromatic heterocycles. The Bertz CT molecular complexity index is 579. The van der Waals surface area contributed by atoms with E-state index in [-0.39, 0.29) is 5.75 Å². The summed E-state index contributed by atoms with van der Waals surface area (Å²) in [5, 5.41) is 7.01. The van der Waals surface area contributed by atoms with Gasteiger partial charge in [0.25, 0.3) is 0 Å². The van der Waals surface area contributed by atoms with E-state index < -0.39 is 5.82 Å². The molecule has 2 aromatic carbocycles. The number of nitrogens with one attached hydrogen (secondary N) is 1. The largest absolute Gasteiger partial charge is 0.454 e. The highest BCUT2D eigenvalue weighted by Gasteiger charge is 2.05. The lowest BCUT2D eigenvalue weighted by Crippen LogP contribution is -1.90. The molecule has 0 aliphatic heterocycles. The second kappa shape index (κ2) is 5.23. The van der Waals surface area contributed by atoms with Crippen molar-refractivity contribution in [3.8, 4) is 11.5 Å². The zero-order valence-corrected chi connectivity index (χ0v) is 9.39. The Hall–Kier alpha value is -2.49. The van der Waals surface area contributed by atoms with E-state index in [1.54, 1.807) is 30.3 Å². The van der Waals surface area contributed by atoms with Crippen LogP contribution in [0.25, 0.3) is 0 Å². The lowest BCUT2D eigenvalue weighted by atomic mass is 10.2. The number of carbonyl (C=O) groups excluding carboxylic acids is 1. The Morgan fingerprint density at radius 2 is 1.72 bits per heavy atom. The summed E-state index contributed by atoms with van der Waals surface area (Å²) < 4.78 is 18.9. The summed E-state index contributed by atoms with van der Waals surface area (Å²) in [6, 6.07) is 10.6. The molecule has 18 heavy (non-hydrogen) atoms. The van der Waals surface area contributed by atoms with Gasteiger partial charge in [0.15, 0.2) is 11.6 Å². The fraction of sp³-hybridized carbons (Fsp3) is 0. The van der Waals surface area contributed by atoms with Gasteiger partial charge in [0.1, 0.15) is 12.0 Å². The third-order valence-corrected chi connectivity index (χ3v) is 2.37. The van der Waals surface area contributed by atoms with Crippen LogP contribution in [0.2, 0.25) is 0 Å². The molecule has 2 rings (SSSR count). The van der Waals surface area contributed by atoms with Gasteiger partial charge in [-0.05, 0) is 48.0 Å². The molecule has 0 heterocycles. The highest BCUT2D eigenvalue weighted by atomic mass is 19.1. The second-order valence-corrected chi connectivity index (χ2v) is 3.62. The molecule has 0 bridgehead atoms. The smallest absolute Gasteiger partial charge is 0.166 e. The second-order valence-electron chi connectivity index (χ2n) is 3.62. The quantitative estimate of drug-likeness (QED) is 0.660. The van der Waals surface area contributed by atoms with Crippen LogP contribution in [0.1, 0.15) is 15.9 Å². The van der Waals surface area contributed by atoms with Crippen LogP contribution in [0, 0.1) is 11.2 Å². The van der Waals surface area contributed by atoms with Gasteiger partial charge in [0, 0.05) is 11.8 Å². The molecule has 0 radical (unpaired) electrons. The van der Waals surface area contributed by atoms with E-state index in [4.69, 9.17) is 10.1 Å². The SMILES string of the molecule is N=Cc1ccc(Oc2ccc(C=O)cc2)c(F)c1. The van der Waals surface area contributed by atoms with Gasteiger partial charge in [0.05, 0.1) is 0 Å². The topological polar surface area (TPSA) is 50.1 Å². The van der Waals surface area contributed by atoms with Gasteiger partial charge in [-0.15, -0.1) is 0 Å². The minimum absolute atomic E-state index is 0.0828. The van der Waals surface area contributed by atoms with Crippen LogP contribution in [-0.4, -0.2) is 12.5 Å². The van der Waals surface area contributed by atoms with Crippen LogP contribution in [0.5, 0.6) is 11.5 Å². The molecular weight excluding hydrogens is 233 g/mol. The number of aldehydes is 1. The molecule has 0 fully saturated rings. The average molecular weight is 243 g/mol. The van der Waals surface area contributed by atoms with Crippen molar-refractivity contribution in [1.29, 1.82) is 5.41 Å².